The maximum Gasteiger partial charge on any atom is 0.253 e. The first-order valence-electron chi connectivity index (χ1n) is 8.64. The summed E-state index contributed by atoms with van der Waals surface area (Å²) in [6.07, 6.45) is 1.45. The number of hydrogen-bond donors (Lipinski definition) is 0. The van der Waals surface area contributed by atoms with Crippen LogP contribution in [0.2, 0.25) is 0 Å². The van der Waals surface area contributed by atoms with Crippen LogP contribution in [0.1, 0.15) is 22.3 Å². The molecule has 138 valence electrons. The van der Waals surface area contributed by atoms with Gasteiger partial charge in [-0.3, -0.25) is 4.79 Å². The Morgan fingerprint density at radius 1 is 1.12 bits per heavy atom. The summed E-state index contributed by atoms with van der Waals surface area (Å²) >= 11 is 1.22. The molecule has 0 bridgehead atoms. The highest BCUT2D eigenvalue weighted by atomic mass is 32.2. The van der Waals surface area contributed by atoms with Gasteiger partial charge in [-0.2, -0.15) is 4.31 Å². The van der Waals surface area contributed by atoms with Crippen molar-refractivity contribution in [1.82, 2.24) is 9.21 Å². The number of fused-ring (bicyclic) bond motifs is 1. The van der Waals surface area contributed by atoms with Crippen LogP contribution in [-0.4, -0.2) is 56.3 Å². The molecule has 2 aliphatic rings. The molecule has 26 heavy (non-hydrogen) atoms. The zero-order chi connectivity index (χ0) is 18.1. The number of rotatable bonds is 3. The number of nitrogens with zero attached hydrogens (tertiary/aromatic N) is 2. The summed E-state index contributed by atoms with van der Waals surface area (Å²) in [6, 6.07) is 8.90. The summed E-state index contributed by atoms with van der Waals surface area (Å²) in [4.78, 5) is 14.6. The standard InChI is InChI=1S/C18H20N2O4S2/c21-18(15-4-5-16-14(13-15)6-11-24-16)19-7-2-8-20(10-9-19)26(22,23)17-3-1-12-25-17/h1,3-5,12-13H,2,6-11H2. The van der Waals surface area contributed by atoms with E-state index in [4.69, 9.17) is 4.74 Å². The van der Waals surface area contributed by atoms with E-state index in [-0.39, 0.29) is 5.91 Å². The van der Waals surface area contributed by atoms with E-state index in [1.54, 1.807) is 28.5 Å². The number of ether oxygens (including phenoxy) is 1. The first kappa shape index (κ1) is 17.5. The third kappa shape index (κ3) is 3.24. The minimum atomic E-state index is -3.47. The Morgan fingerprint density at radius 3 is 2.81 bits per heavy atom. The SMILES string of the molecule is O=C(c1ccc2c(c1)CCO2)N1CCCN(S(=O)(=O)c2cccs2)CC1. The van der Waals surface area contributed by atoms with Crippen LogP contribution >= 0.6 is 11.3 Å². The van der Waals surface area contributed by atoms with Crippen LogP contribution in [0.15, 0.2) is 39.9 Å². The Hall–Kier alpha value is -1.90. The molecule has 0 unspecified atom stereocenters. The minimum Gasteiger partial charge on any atom is -0.493 e. The lowest BCUT2D eigenvalue weighted by atomic mass is 10.1. The summed E-state index contributed by atoms with van der Waals surface area (Å²) in [5.74, 6) is 0.806. The Labute approximate surface area is 157 Å². The molecule has 0 spiro atoms. The predicted octanol–water partition coefficient (Wildman–Crippen LogP) is 2.22. The molecular formula is C18H20N2O4S2. The van der Waals surface area contributed by atoms with Gasteiger partial charge in [-0.25, -0.2) is 8.42 Å². The molecule has 0 saturated carbocycles. The Kier molecular flexibility index (Phi) is 4.73. The highest BCUT2D eigenvalue weighted by Crippen LogP contribution is 2.27. The van der Waals surface area contributed by atoms with Crippen LogP contribution < -0.4 is 4.74 Å². The fraction of sp³-hybridized carbons (Fsp3) is 0.389. The normalized spacial score (nSPS) is 18.2. The molecule has 1 fully saturated rings. The quantitative estimate of drug-likeness (QED) is 0.803. The molecule has 4 rings (SSSR count). The number of sulfonamides is 1. The fourth-order valence-electron chi connectivity index (χ4n) is 3.38. The summed E-state index contributed by atoms with van der Waals surface area (Å²) in [7, 11) is -3.47. The van der Waals surface area contributed by atoms with E-state index in [1.165, 1.54) is 15.6 Å². The molecule has 2 aromatic rings. The van der Waals surface area contributed by atoms with Crippen molar-refractivity contribution in [2.24, 2.45) is 0 Å². The summed E-state index contributed by atoms with van der Waals surface area (Å²) in [5, 5.41) is 1.76. The van der Waals surface area contributed by atoms with Crippen LogP contribution in [0.25, 0.3) is 0 Å². The fourth-order valence-corrected chi connectivity index (χ4v) is 5.99. The highest BCUT2D eigenvalue weighted by molar-refractivity contribution is 7.91. The van der Waals surface area contributed by atoms with Crippen LogP contribution in [0, 0.1) is 0 Å². The third-order valence-corrected chi connectivity index (χ3v) is 8.04. The second-order valence-electron chi connectivity index (χ2n) is 6.40. The van der Waals surface area contributed by atoms with E-state index in [2.05, 4.69) is 0 Å². The van der Waals surface area contributed by atoms with Crippen molar-refractivity contribution >= 4 is 27.3 Å². The van der Waals surface area contributed by atoms with Crippen LogP contribution in [0.4, 0.5) is 0 Å². The van der Waals surface area contributed by atoms with E-state index in [0.29, 0.717) is 49.0 Å². The van der Waals surface area contributed by atoms with Gasteiger partial charge in [-0.15, -0.1) is 11.3 Å². The van der Waals surface area contributed by atoms with E-state index < -0.39 is 10.0 Å². The number of benzene rings is 1. The lowest BCUT2D eigenvalue weighted by Crippen LogP contribution is -2.37. The highest BCUT2D eigenvalue weighted by Gasteiger charge is 2.29. The largest absolute Gasteiger partial charge is 0.493 e. The van der Waals surface area contributed by atoms with Gasteiger partial charge >= 0.3 is 0 Å². The van der Waals surface area contributed by atoms with Gasteiger partial charge in [0.1, 0.15) is 9.96 Å². The second-order valence-corrected chi connectivity index (χ2v) is 9.52. The number of amides is 1. The Bertz CT molecular complexity index is 909. The maximum absolute atomic E-state index is 12.9. The van der Waals surface area contributed by atoms with Crippen molar-refractivity contribution in [2.75, 3.05) is 32.8 Å². The molecule has 0 atom stereocenters. The molecule has 6 nitrogen and oxygen atoms in total. The molecule has 0 N–H and O–H groups in total. The minimum absolute atomic E-state index is 0.0462. The topological polar surface area (TPSA) is 66.9 Å². The molecule has 0 radical (unpaired) electrons. The lowest BCUT2D eigenvalue weighted by molar-refractivity contribution is 0.0764. The Balaban J connectivity index is 1.48. The van der Waals surface area contributed by atoms with Gasteiger partial charge in [-0.05, 0) is 41.6 Å². The monoisotopic (exact) mass is 392 g/mol. The van der Waals surface area contributed by atoms with Gasteiger partial charge in [0.05, 0.1) is 6.61 Å². The Morgan fingerprint density at radius 2 is 2.00 bits per heavy atom. The third-order valence-electron chi connectivity index (χ3n) is 4.77. The second kappa shape index (κ2) is 7.02. The molecule has 1 saturated heterocycles. The average Bonchev–Trinajstić information content (AvgIpc) is 3.27. The van der Waals surface area contributed by atoms with Gasteiger partial charge in [-0.1, -0.05) is 6.07 Å². The van der Waals surface area contributed by atoms with Crippen molar-refractivity contribution in [3.8, 4) is 5.75 Å². The van der Waals surface area contributed by atoms with E-state index in [9.17, 15) is 13.2 Å². The molecule has 1 amide bonds. The van der Waals surface area contributed by atoms with Gasteiger partial charge in [0, 0.05) is 38.2 Å². The number of thiophene rings is 1. The number of carbonyl (C=O) groups is 1. The average molecular weight is 393 g/mol. The molecule has 8 heteroatoms. The first-order chi connectivity index (χ1) is 12.6. The van der Waals surface area contributed by atoms with Crippen molar-refractivity contribution in [1.29, 1.82) is 0 Å². The predicted molar refractivity (Wildman–Crippen MR) is 99.2 cm³/mol. The summed E-state index contributed by atoms with van der Waals surface area (Å²) < 4.78 is 32.7. The van der Waals surface area contributed by atoms with Crippen LogP contribution in [0.3, 0.4) is 0 Å². The van der Waals surface area contributed by atoms with Crippen molar-refractivity contribution in [3.63, 3.8) is 0 Å². The number of carbonyl (C=O) groups excluding carboxylic acids is 1. The van der Waals surface area contributed by atoms with Crippen LogP contribution in [-0.2, 0) is 16.4 Å². The van der Waals surface area contributed by atoms with E-state index in [0.717, 1.165) is 17.7 Å². The van der Waals surface area contributed by atoms with Crippen LogP contribution in [0.5, 0.6) is 5.75 Å². The number of hydrogen-bond acceptors (Lipinski definition) is 5. The van der Waals surface area contributed by atoms with Crippen molar-refractivity contribution in [2.45, 2.75) is 17.1 Å². The molecule has 3 heterocycles. The van der Waals surface area contributed by atoms with Gasteiger partial charge in [0.15, 0.2) is 0 Å². The molecular weight excluding hydrogens is 372 g/mol. The summed E-state index contributed by atoms with van der Waals surface area (Å²) in [6.45, 7) is 2.37. The van der Waals surface area contributed by atoms with E-state index in [1.807, 2.05) is 12.1 Å². The summed E-state index contributed by atoms with van der Waals surface area (Å²) in [5.41, 5.74) is 1.70. The van der Waals surface area contributed by atoms with E-state index >= 15 is 0 Å². The zero-order valence-corrected chi connectivity index (χ0v) is 15.9. The van der Waals surface area contributed by atoms with Crippen molar-refractivity contribution < 1.29 is 17.9 Å². The van der Waals surface area contributed by atoms with Gasteiger partial charge < -0.3 is 9.64 Å². The zero-order valence-electron chi connectivity index (χ0n) is 14.3. The molecule has 1 aromatic carbocycles. The van der Waals surface area contributed by atoms with Gasteiger partial charge in [0.25, 0.3) is 15.9 Å². The smallest absolute Gasteiger partial charge is 0.253 e. The molecule has 0 aliphatic carbocycles. The lowest BCUT2D eigenvalue weighted by Gasteiger charge is -2.22. The maximum atomic E-state index is 12.9. The molecule has 2 aliphatic heterocycles. The first-order valence-corrected chi connectivity index (χ1v) is 11.0. The van der Waals surface area contributed by atoms with Gasteiger partial charge in [0.2, 0.25) is 0 Å². The molecule has 1 aromatic heterocycles. The van der Waals surface area contributed by atoms with Crippen molar-refractivity contribution in [3.05, 3.63) is 46.8 Å².